The number of benzene rings is 1. The van der Waals surface area contributed by atoms with Crippen LogP contribution in [0.4, 0.5) is 0 Å². The first-order chi connectivity index (χ1) is 15.3. The van der Waals surface area contributed by atoms with Crippen molar-refractivity contribution < 1.29 is 5.41 Å². The fraction of sp³-hybridized carbons (Fsp3) is 0.720. The average molecular weight is 921 g/mol. The van der Waals surface area contributed by atoms with Crippen molar-refractivity contribution in [3.8, 4) is 0 Å². The molecular weight excluding hydrogens is 884 g/mol. The van der Waals surface area contributed by atoms with Crippen LogP contribution in [-0.2, 0) is 5.41 Å². The van der Waals surface area contributed by atoms with Gasteiger partial charge in [-0.1, -0.05) is 81.5 Å². The molecule has 0 bridgehead atoms. The quantitative estimate of drug-likeness (QED) is 0.122. The molecule has 0 atom stereocenters. The summed E-state index contributed by atoms with van der Waals surface area (Å²) in [5.74, 6) is 2.87. The minimum absolute atomic E-state index is 0.260. The second-order valence-electron chi connectivity index (χ2n) is 9.76. The van der Waals surface area contributed by atoms with Crippen LogP contribution < -0.4 is 0 Å². The van der Waals surface area contributed by atoms with Crippen molar-refractivity contribution in [2.24, 2.45) is 0 Å². The third kappa shape index (κ3) is 8.74. The van der Waals surface area contributed by atoms with Crippen molar-refractivity contribution in [2.45, 2.75) is 111 Å². The van der Waals surface area contributed by atoms with Crippen LogP contribution in [-0.4, -0.2) is 27.1 Å². The van der Waals surface area contributed by atoms with Gasteiger partial charge in [0, 0.05) is 0 Å². The van der Waals surface area contributed by atoms with Crippen molar-refractivity contribution in [3.63, 3.8) is 0 Å². The predicted molar refractivity (Wildman–Crippen MR) is 171 cm³/mol. The molecular formula is C25H37Cl2I3PRu. The van der Waals surface area contributed by atoms with E-state index in [1.165, 1.54) is 82.6 Å². The maximum absolute atomic E-state index is 6.59. The van der Waals surface area contributed by atoms with E-state index in [1.807, 2.05) is 0 Å². The van der Waals surface area contributed by atoms with Crippen LogP contribution in [0, 0.1) is 0 Å². The summed E-state index contributed by atoms with van der Waals surface area (Å²) >= 11 is 20.6. The fourth-order valence-electron chi connectivity index (χ4n) is 6.54. The van der Waals surface area contributed by atoms with Gasteiger partial charge in [-0.25, -0.2) is 0 Å². The van der Waals surface area contributed by atoms with Gasteiger partial charge in [0.25, 0.3) is 0 Å². The van der Waals surface area contributed by atoms with Gasteiger partial charge < -0.3 is 0 Å². The maximum atomic E-state index is 6.59. The Bertz CT molecular complexity index is 697. The van der Waals surface area contributed by atoms with Gasteiger partial charge >= 0.3 is 64.7 Å². The van der Waals surface area contributed by atoms with E-state index in [0.717, 1.165) is 29.8 Å². The molecule has 3 aliphatic rings. The molecule has 0 radical (unpaired) electrons. The molecule has 4 rings (SSSR count). The van der Waals surface area contributed by atoms with Crippen LogP contribution in [0.25, 0.3) is 0 Å². The molecule has 3 fully saturated rings. The van der Waals surface area contributed by atoms with E-state index in [1.54, 1.807) is 0 Å². The van der Waals surface area contributed by atoms with Gasteiger partial charge in [-0.3, -0.25) is 0 Å². The number of hydrogen-bond acceptors (Lipinski definition) is 0. The number of hydrogen-bond donors (Lipinski definition) is 0. The van der Waals surface area contributed by atoms with Crippen LogP contribution >= 0.6 is 89.3 Å². The van der Waals surface area contributed by atoms with Gasteiger partial charge in [-0.05, 0) is 73.9 Å². The molecule has 0 N–H and O–H groups in total. The Morgan fingerprint density at radius 3 is 1.56 bits per heavy atom. The Kier molecular flexibility index (Phi) is 13.6. The van der Waals surface area contributed by atoms with Gasteiger partial charge in [0.15, 0.2) is 0 Å². The van der Waals surface area contributed by atoms with Gasteiger partial charge in [0.05, 0.1) is 0 Å². The zero-order valence-electron chi connectivity index (χ0n) is 18.8. The topological polar surface area (TPSA) is 0 Å². The monoisotopic (exact) mass is 921 g/mol. The van der Waals surface area contributed by atoms with Crippen molar-refractivity contribution >= 4 is 95.1 Å². The SMILES string of the molecule is ClC1(Cl)CCC(P(=Cc2ccccc2)(C2CCCCC2)C2CCCCC2)CC1.[I][Ru]([I])[I]. The van der Waals surface area contributed by atoms with E-state index in [4.69, 9.17) is 23.2 Å². The predicted octanol–water partition coefficient (Wildman–Crippen LogP) is 11.3. The molecule has 32 heavy (non-hydrogen) atoms. The van der Waals surface area contributed by atoms with Gasteiger partial charge in [-0.2, -0.15) is 0 Å². The molecule has 7 heteroatoms. The van der Waals surface area contributed by atoms with E-state index in [-0.39, 0.29) is 5.41 Å². The Hall–Kier alpha value is 2.91. The molecule has 3 aliphatic carbocycles. The van der Waals surface area contributed by atoms with Gasteiger partial charge in [-0.15, -0.1) is 23.2 Å². The van der Waals surface area contributed by atoms with Crippen LogP contribution in [0.3, 0.4) is 0 Å². The van der Waals surface area contributed by atoms with Crippen LogP contribution in [0.2, 0.25) is 0 Å². The summed E-state index contributed by atoms with van der Waals surface area (Å²) in [5.41, 5.74) is 4.24. The van der Waals surface area contributed by atoms with Crippen molar-refractivity contribution in [1.82, 2.24) is 0 Å². The summed E-state index contributed by atoms with van der Waals surface area (Å²) in [6.07, 6.45) is 19.0. The zero-order chi connectivity index (χ0) is 23.0. The second-order valence-corrected chi connectivity index (χ2v) is 55.8. The summed E-state index contributed by atoms with van der Waals surface area (Å²) in [4.78, 5) is 0. The third-order valence-electron chi connectivity index (χ3n) is 7.91. The summed E-state index contributed by atoms with van der Waals surface area (Å²) in [5, 5.41) is -0.260. The minimum atomic E-state index is -1.24. The van der Waals surface area contributed by atoms with Crippen LogP contribution in [0.5, 0.6) is 0 Å². The molecule has 0 aliphatic heterocycles. The second kappa shape index (κ2) is 14.7. The van der Waals surface area contributed by atoms with E-state index >= 15 is 0 Å². The molecule has 0 heterocycles. The molecule has 0 aromatic heterocycles. The standard InChI is InChI=1S/C25H37Cl2P.3HI.Ru/c26-25(27)18-16-24(17-19-25)28(22-12-6-2-7-13-22,23-14-8-3-9-15-23)20-21-10-4-1-5-11-21;;;;/h1,4-5,10-11,20,22-24H,2-3,6-9,12-19H2;3*1H;/q;;;;+3/p-3. The van der Waals surface area contributed by atoms with Crippen molar-refractivity contribution in [3.05, 3.63) is 35.9 Å². The average Bonchev–Trinajstić information content (AvgIpc) is 2.79. The Labute approximate surface area is 244 Å². The van der Waals surface area contributed by atoms with Gasteiger partial charge in [0.1, 0.15) is 4.33 Å². The first-order valence-corrected chi connectivity index (χ1v) is 30.5. The summed E-state index contributed by atoms with van der Waals surface area (Å²) < 4.78 is -0.474. The Balaban J connectivity index is 0.000000668. The molecule has 1 aromatic carbocycles. The van der Waals surface area contributed by atoms with E-state index in [2.05, 4.69) is 95.4 Å². The Morgan fingerprint density at radius 2 is 1.12 bits per heavy atom. The molecule has 1 aromatic rings. The summed E-state index contributed by atoms with van der Waals surface area (Å²) in [6.45, 7) is -1.24. The summed E-state index contributed by atoms with van der Waals surface area (Å²) in [6, 6.07) is 11.3. The molecule has 0 unspecified atom stereocenters. The molecule has 0 saturated heterocycles. The van der Waals surface area contributed by atoms with Crippen molar-refractivity contribution in [2.75, 3.05) is 0 Å². The van der Waals surface area contributed by atoms with E-state index < -0.39 is 11.2 Å². The molecule has 0 amide bonds. The van der Waals surface area contributed by atoms with Crippen LogP contribution in [0.1, 0.15) is 95.5 Å². The first kappa shape index (κ1) is 29.5. The zero-order valence-corrected chi connectivity index (χ0v) is 29.4. The van der Waals surface area contributed by atoms with Crippen LogP contribution in [0.15, 0.2) is 30.3 Å². The Morgan fingerprint density at radius 1 is 0.719 bits per heavy atom. The molecule has 0 spiro atoms. The number of alkyl halides is 2. The molecule has 0 nitrogen and oxygen atoms in total. The van der Waals surface area contributed by atoms with E-state index in [9.17, 15) is 0 Å². The molecule has 3 saturated carbocycles. The van der Waals surface area contributed by atoms with Gasteiger partial charge in [0.2, 0.25) is 0 Å². The normalized spacial score (nSPS) is 23.7. The number of rotatable bonds is 4. The number of halogens is 5. The first-order valence-electron chi connectivity index (χ1n) is 12.2. The van der Waals surface area contributed by atoms with E-state index in [0.29, 0.717) is 0 Å². The molecule has 185 valence electrons. The summed E-state index contributed by atoms with van der Waals surface area (Å²) in [7, 11) is 0. The van der Waals surface area contributed by atoms with Crippen molar-refractivity contribution in [1.29, 1.82) is 0 Å². The third-order valence-corrected chi connectivity index (χ3v) is 14.8. The fourth-order valence-corrected chi connectivity index (χ4v) is 13.8.